The van der Waals surface area contributed by atoms with Crippen LogP contribution < -0.4 is 5.32 Å². The minimum Gasteiger partial charge on any atom is -0.352 e. The first-order valence-electron chi connectivity index (χ1n) is 7.62. The summed E-state index contributed by atoms with van der Waals surface area (Å²) in [4.78, 5) is 35.2. The zero-order valence-electron chi connectivity index (χ0n) is 12.9. The number of likely N-dealkylation sites (N-methyl/N-ethyl adjacent to an activating group) is 1. The summed E-state index contributed by atoms with van der Waals surface area (Å²) in [6.07, 6.45) is 6.23. The van der Waals surface area contributed by atoms with E-state index in [9.17, 15) is 9.59 Å². The standard InChI is InChI=1S/C15H21N5O2/c1-10-7-11-8-16-15(18-13(11)19(2)14(10)22)17-12-3-5-20(9-21)6-4-12/h7-9,11-13H,3-6H2,1-2H3,(H,17,18). The molecule has 0 aliphatic carbocycles. The monoisotopic (exact) mass is 303 g/mol. The lowest BCUT2D eigenvalue weighted by Gasteiger charge is -2.36. The molecule has 0 aromatic heterocycles. The number of nitrogens with zero attached hydrogens (tertiary/aromatic N) is 4. The maximum absolute atomic E-state index is 12.0. The number of carbonyl (C=O) groups is 2. The van der Waals surface area contributed by atoms with Crippen molar-refractivity contribution in [3.05, 3.63) is 11.6 Å². The molecule has 0 saturated carbocycles. The first-order chi connectivity index (χ1) is 10.6. The van der Waals surface area contributed by atoms with Crippen LogP contribution in [0.2, 0.25) is 0 Å². The van der Waals surface area contributed by atoms with Gasteiger partial charge in [-0.15, -0.1) is 0 Å². The number of piperidine rings is 1. The normalized spacial score (nSPS) is 28.9. The predicted octanol–water partition coefficient (Wildman–Crippen LogP) is -0.00220. The number of hydrogen-bond acceptors (Lipinski definition) is 5. The summed E-state index contributed by atoms with van der Waals surface area (Å²) in [5.41, 5.74) is 0.739. The van der Waals surface area contributed by atoms with Crippen molar-refractivity contribution in [2.45, 2.75) is 32.0 Å². The van der Waals surface area contributed by atoms with Crippen molar-refractivity contribution in [3.8, 4) is 0 Å². The maximum Gasteiger partial charge on any atom is 0.250 e. The lowest BCUT2D eigenvalue weighted by molar-refractivity contribution is -0.128. The summed E-state index contributed by atoms with van der Waals surface area (Å²) in [5.74, 6) is 0.641. The van der Waals surface area contributed by atoms with Crippen LogP contribution in [0.3, 0.4) is 0 Å². The quantitative estimate of drug-likeness (QED) is 0.729. The molecule has 118 valence electrons. The average Bonchev–Trinajstić information content (AvgIpc) is 2.54. The fraction of sp³-hybridized carbons (Fsp3) is 0.600. The van der Waals surface area contributed by atoms with Gasteiger partial charge in [0.15, 0.2) is 0 Å². The SMILES string of the molecule is CC1=CC2C=NC(NC3CCN(C=O)CC3)=NC2N(C)C1=O. The highest BCUT2D eigenvalue weighted by Gasteiger charge is 2.34. The summed E-state index contributed by atoms with van der Waals surface area (Å²) in [6, 6.07) is 0.269. The molecule has 7 heteroatoms. The summed E-state index contributed by atoms with van der Waals surface area (Å²) in [6.45, 7) is 3.33. The second-order valence-corrected chi connectivity index (χ2v) is 6.05. The molecule has 0 aromatic rings. The molecule has 1 N–H and O–H groups in total. The van der Waals surface area contributed by atoms with Crippen LogP contribution in [0.15, 0.2) is 21.6 Å². The van der Waals surface area contributed by atoms with E-state index in [1.54, 1.807) is 16.8 Å². The number of likely N-dealkylation sites (tertiary alicyclic amines) is 1. The Labute approximate surface area is 129 Å². The molecule has 3 heterocycles. The number of nitrogens with one attached hydrogen (secondary N) is 1. The highest BCUT2D eigenvalue weighted by molar-refractivity contribution is 5.98. The van der Waals surface area contributed by atoms with E-state index in [0.29, 0.717) is 5.96 Å². The molecule has 2 atom stereocenters. The van der Waals surface area contributed by atoms with Crippen LogP contribution in [-0.2, 0) is 9.59 Å². The smallest absolute Gasteiger partial charge is 0.250 e. The van der Waals surface area contributed by atoms with Crippen molar-refractivity contribution in [2.24, 2.45) is 15.9 Å². The third-order valence-corrected chi connectivity index (χ3v) is 4.48. The third kappa shape index (κ3) is 2.75. The fourth-order valence-electron chi connectivity index (χ4n) is 3.12. The van der Waals surface area contributed by atoms with E-state index in [1.165, 1.54) is 0 Å². The topological polar surface area (TPSA) is 77.4 Å². The van der Waals surface area contributed by atoms with Gasteiger partial charge in [-0.05, 0) is 19.8 Å². The molecule has 3 aliphatic rings. The first-order valence-corrected chi connectivity index (χ1v) is 7.62. The van der Waals surface area contributed by atoms with Gasteiger partial charge in [-0.2, -0.15) is 0 Å². The maximum atomic E-state index is 12.0. The van der Waals surface area contributed by atoms with Crippen molar-refractivity contribution < 1.29 is 9.59 Å². The number of aliphatic imine (C=N–C) groups is 2. The molecular formula is C15H21N5O2. The Kier molecular flexibility index (Phi) is 3.96. The molecule has 0 spiro atoms. The molecule has 0 aromatic carbocycles. The third-order valence-electron chi connectivity index (χ3n) is 4.48. The Bertz CT molecular complexity index is 560. The molecule has 3 aliphatic heterocycles. The van der Waals surface area contributed by atoms with Crippen molar-refractivity contribution in [1.29, 1.82) is 0 Å². The molecule has 1 saturated heterocycles. The minimum absolute atomic E-state index is 0.0129. The second kappa shape index (κ2) is 5.90. The van der Waals surface area contributed by atoms with Crippen molar-refractivity contribution >= 4 is 24.5 Å². The van der Waals surface area contributed by atoms with Crippen molar-refractivity contribution in [2.75, 3.05) is 20.1 Å². The predicted molar refractivity (Wildman–Crippen MR) is 83.5 cm³/mol. The molecule has 22 heavy (non-hydrogen) atoms. The number of rotatable bonds is 2. The summed E-state index contributed by atoms with van der Waals surface area (Å²) >= 11 is 0. The largest absolute Gasteiger partial charge is 0.352 e. The Morgan fingerprint density at radius 2 is 2.09 bits per heavy atom. The molecule has 7 nitrogen and oxygen atoms in total. The van der Waals surface area contributed by atoms with Gasteiger partial charge in [-0.1, -0.05) is 6.08 Å². The van der Waals surface area contributed by atoms with Gasteiger partial charge >= 0.3 is 0 Å². The number of guanidine groups is 1. The number of fused-ring (bicyclic) bond motifs is 1. The van der Waals surface area contributed by atoms with Crippen LogP contribution >= 0.6 is 0 Å². The molecule has 2 unspecified atom stereocenters. The first kappa shape index (κ1) is 14.7. The highest BCUT2D eigenvalue weighted by atomic mass is 16.2. The van der Waals surface area contributed by atoms with E-state index in [4.69, 9.17) is 0 Å². The van der Waals surface area contributed by atoms with Crippen molar-refractivity contribution in [1.82, 2.24) is 15.1 Å². The zero-order valence-corrected chi connectivity index (χ0v) is 12.9. The van der Waals surface area contributed by atoms with Crippen LogP contribution in [0.4, 0.5) is 0 Å². The van der Waals surface area contributed by atoms with Crippen LogP contribution in [-0.4, -0.2) is 66.6 Å². The van der Waals surface area contributed by atoms with Gasteiger partial charge in [0.25, 0.3) is 5.91 Å². The summed E-state index contributed by atoms with van der Waals surface area (Å²) in [7, 11) is 1.78. The van der Waals surface area contributed by atoms with E-state index in [2.05, 4.69) is 15.3 Å². The zero-order chi connectivity index (χ0) is 15.7. The molecule has 0 radical (unpaired) electrons. The fourth-order valence-corrected chi connectivity index (χ4v) is 3.12. The Hall–Kier alpha value is -2.18. The lowest BCUT2D eigenvalue weighted by atomic mass is 9.97. The Morgan fingerprint density at radius 1 is 1.36 bits per heavy atom. The van der Waals surface area contributed by atoms with Gasteiger partial charge in [-0.3, -0.25) is 9.59 Å². The van der Waals surface area contributed by atoms with E-state index in [1.807, 2.05) is 19.2 Å². The van der Waals surface area contributed by atoms with Gasteiger partial charge in [-0.25, -0.2) is 9.98 Å². The minimum atomic E-state index is -0.216. The number of hydrogen-bond donors (Lipinski definition) is 1. The van der Waals surface area contributed by atoms with Crippen molar-refractivity contribution in [3.63, 3.8) is 0 Å². The summed E-state index contributed by atoms with van der Waals surface area (Å²) in [5, 5.41) is 3.33. The summed E-state index contributed by atoms with van der Waals surface area (Å²) < 4.78 is 0. The molecule has 1 fully saturated rings. The molecule has 3 rings (SSSR count). The van der Waals surface area contributed by atoms with Crippen LogP contribution in [0.1, 0.15) is 19.8 Å². The van der Waals surface area contributed by atoms with Gasteiger partial charge in [0.1, 0.15) is 6.17 Å². The number of carbonyl (C=O) groups excluding carboxylic acids is 2. The van der Waals surface area contributed by atoms with Gasteiger partial charge in [0, 0.05) is 38.0 Å². The van der Waals surface area contributed by atoms with Crippen LogP contribution in [0.5, 0.6) is 0 Å². The molecule has 2 amide bonds. The van der Waals surface area contributed by atoms with E-state index >= 15 is 0 Å². The van der Waals surface area contributed by atoms with Gasteiger partial charge in [0.2, 0.25) is 12.4 Å². The van der Waals surface area contributed by atoms with E-state index in [-0.39, 0.29) is 24.0 Å². The Balaban J connectivity index is 1.66. The highest BCUT2D eigenvalue weighted by Crippen LogP contribution is 2.24. The van der Waals surface area contributed by atoms with E-state index in [0.717, 1.165) is 37.9 Å². The van der Waals surface area contributed by atoms with Gasteiger partial charge < -0.3 is 15.1 Å². The van der Waals surface area contributed by atoms with E-state index < -0.39 is 0 Å². The molecule has 0 bridgehead atoms. The average molecular weight is 303 g/mol. The lowest BCUT2D eigenvalue weighted by Crippen LogP contribution is -2.49. The van der Waals surface area contributed by atoms with Crippen LogP contribution in [0, 0.1) is 5.92 Å². The van der Waals surface area contributed by atoms with Crippen LogP contribution in [0.25, 0.3) is 0 Å². The second-order valence-electron chi connectivity index (χ2n) is 6.05. The van der Waals surface area contributed by atoms with Gasteiger partial charge in [0.05, 0.1) is 5.92 Å². The molecular weight excluding hydrogens is 282 g/mol. The Morgan fingerprint density at radius 3 is 2.77 bits per heavy atom. The number of amides is 2.